The Bertz CT molecular complexity index is 1130. The van der Waals surface area contributed by atoms with Gasteiger partial charge in [0.1, 0.15) is 5.75 Å². The summed E-state index contributed by atoms with van der Waals surface area (Å²) < 4.78 is 6.07. The Kier molecular flexibility index (Phi) is 4.47. The Morgan fingerprint density at radius 2 is 1.67 bits per heavy atom. The molecule has 4 heteroatoms. The van der Waals surface area contributed by atoms with Crippen LogP contribution in [0.1, 0.15) is 18.1 Å². The topological polar surface area (TPSA) is 52.4 Å². The number of hydrogen-bond acceptors (Lipinski definition) is 3. The van der Waals surface area contributed by atoms with Gasteiger partial charge in [0.25, 0.3) is 5.69 Å². The lowest BCUT2D eigenvalue weighted by Crippen LogP contribution is -1.98. The van der Waals surface area contributed by atoms with Gasteiger partial charge in [0.05, 0.1) is 11.5 Å². The molecule has 27 heavy (non-hydrogen) atoms. The van der Waals surface area contributed by atoms with Crippen molar-refractivity contribution in [1.82, 2.24) is 0 Å². The molecule has 0 saturated heterocycles. The molecule has 0 aliphatic carbocycles. The van der Waals surface area contributed by atoms with Crippen molar-refractivity contribution < 1.29 is 9.66 Å². The molecule has 0 aliphatic heterocycles. The van der Waals surface area contributed by atoms with Crippen LogP contribution in [0.3, 0.4) is 0 Å². The van der Waals surface area contributed by atoms with E-state index in [9.17, 15) is 10.1 Å². The van der Waals surface area contributed by atoms with E-state index in [0.29, 0.717) is 13.0 Å². The smallest absolute Gasteiger partial charge is 0.269 e. The van der Waals surface area contributed by atoms with Crippen molar-refractivity contribution in [2.75, 3.05) is 6.61 Å². The molecule has 0 atom stereocenters. The molecule has 0 fully saturated rings. The number of rotatable bonds is 5. The Balaban J connectivity index is 1.87. The summed E-state index contributed by atoms with van der Waals surface area (Å²) in [6, 6.07) is 23.4. The van der Waals surface area contributed by atoms with Crippen LogP contribution in [0.25, 0.3) is 21.5 Å². The fourth-order valence-corrected chi connectivity index (χ4v) is 3.55. The molecule has 0 bridgehead atoms. The van der Waals surface area contributed by atoms with Gasteiger partial charge < -0.3 is 4.74 Å². The summed E-state index contributed by atoms with van der Waals surface area (Å²) in [5, 5.41) is 15.4. The number of nitro benzene ring substituents is 1. The quantitative estimate of drug-likeness (QED) is 0.254. The van der Waals surface area contributed by atoms with Gasteiger partial charge in [-0.15, -0.1) is 0 Å². The highest BCUT2D eigenvalue weighted by Gasteiger charge is 2.13. The fourth-order valence-electron chi connectivity index (χ4n) is 3.55. The third-order valence-electron chi connectivity index (χ3n) is 4.76. The van der Waals surface area contributed by atoms with E-state index in [1.54, 1.807) is 12.1 Å². The molecule has 4 aromatic rings. The number of hydrogen-bond donors (Lipinski definition) is 0. The van der Waals surface area contributed by atoms with Crippen LogP contribution in [0.4, 0.5) is 5.69 Å². The molecule has 0 N–H and O–H groups in total. The van der Waals surface area contributed by atoms with Crippen LogP contribution in [0.2, 0.25) is 0 Å². The zero-order valence-electron chi connectivity index (χ0n) is 15.0. The van der Waals surface area contributed by atoms with Gasteiger partial charge in [-0.25, -0.2) is 0 Å². The Morgan fingerprint density at radius 1 is 0.926 bits per heavy atom. The summed E-state index contributed by atoms with van der Waals surface area (Å²) in [6.45, 7) is 2.58. The van der Waals surface area contributed by atoms with Gasteiger partial charge in [0, 0.05) is 22.9 Å². The molecule has 0 radical (unpaired) electrons. The van der Waals surface area contributed by atoms with Gasteiger partial charge in [-0.1, -0.05) is 54.6 Å². The van der Waals surface area contributed by atoms with Crippen LogP contribution >= 0.6 is 0 Å². The average molecular weight is 357 g/mol. The first kappa shape index (κ1) is 17.0. The number of fused-ring (bicyclic) bond motifs is 2. The highest BCUT2D eigenvalue weighted by Crippen LogP contribution is 2.37. The second-order valence-corrected chi connectivity index (χ2v) is 6.48. The van der Waals surface area contributed by atoms with E-state index in [-0.39, 0.29) is 10.6 Å². The van der Waals surface area contributed by atoms with E-state index in [4.69, 9.17) is 4.74 Å². The third-order valence-corrected chi connectivity index (χ3v) is 4.76. The maximum absolute atomic E-state index is 10.9. The summed E-state index contributed by atoms with van der Waals surface area (Å²) in [5.41, 5.74) is 2.29. The maximum atomic E-state index is 10.9. The SMILES string of the molecule is CCOc1c2ccccc2cc2cccc(Cc3ccc([N+](=O)[O-])cc3)c12. The molecule has 0 unspecified atom stereocenters. The predicted molar refractivity (Wildman–Crippen MR) is 109 cm³/mol. The number of nitro groups is 1. The van der Waals surface area contributed by atoms with E-state index >= 15 is 0 Å². The standard InChI is InChI=1S/C23H19NO3/c1-2-27-23-21-9-4-3-6-17(21)15-19-8-5-7-18(22(19)23)14-16-10-12-20(13-11-16)24(25)26/h3-13,15H,2,14H2,1H3. The lowest BCUT2D eigenvalue weighted by Gasteiger charge is -2.15. The van der Waals surface area contributed by atoms with E-state index in [2.05, 4.69) is 30.3 Å². The normalized spacial score (nSPS) is 11.0. The summed E-state index contributed by atoms with van der Waals surface area (Å²) >= 11 is 0. The molecular formula is C23H19NO3. The number of nitrogens with zero attached hydrogens (tertiary/aromatic N) is 1. The molecule has 4 nitrogen and oxygen atoms in total. The maximum Gasteiger partial charge on any atom is 0.269 e. The summed E-state index contributed by atoms with van der Waals surface area (Å²) in [5.74, 6) is 0.906. The van der Waals surface area contributed by atoms with Crippen molar-refractivity contribution in [3.63, 3.8) is 0 Å². The zero-order valence-corrected chi connectivity index (χ0v) is 15.0. The second kappa shape index (κ2) is 7.08. The number of ether oxygens (including phenoxy) is 1. The first-order valence-electron chi connectivity index (χ1n) is 8.97. The van der Waals surface area contributed by atoms with E-state index < -0.39 is 0 Å². The summed E-state index contributed by atoms with van der Waals surface area (Å²) in [6.07, 6.45) is 0.688. The first-order valence-corrected chi connectivity index (χ1v) is 8.97. The number of non-ortho nitro benzene ring substituents is 1. The zero-order chi connectivity index (χ0) is 18.8. The predicted octanol–water partition coefficient (Wildman–Crippen LogP) is 5.89. The van der Waals surface area contributed by atoms with Crippen LogP contribution in [0, 0.1) is 10.1 Å². The van der Waals surface area contributed by atoms with Crippen molar-refractivity contribution in [3.05, 3.63) is 94.0 Å². The number of benzene rings is 4. The minimum atomic E-state index is -0.374. The molecular weight excluding hydrogens is 338 g/mol. The van der Waals surface area contributed by atoms with Crippen LogP contribution < -0.4 is 4.74 Å². The van der Waals surface area contributed by atoms with E-state index in [1.807, 2.05) is 37.3 Å². The van der Waals surface area contributed by atoms with Gasteiger partial charge in [0.2, 0.25) is 0 Å². The monoisotopic (exact) mass is 357 g/mol. The van der Waals surface area contributed by atoms with Gasteiger partial charge >= 0.3 is 0 Å². The Labute approximate surface area is 157 Å². The highest BCUT2D eigenvalue weighted by atomic mass is 16.6. The van der Waals surface area contributed by atoms with Gasteiger partial charge in [-0.3, -0.25) is 10.1 Å². The van der Waals surface area contributed by atoms with E-state index in [0.717, 1.165) is 38.4 Å². The molecule has 0 heterocycles. The lowest BCUT2D eigenvalue weighted by molar-refractivity contribution is -0.384. The van der Waals surface area contributed by atoms with Crippen molar-refractivity contribution in [1.29, 1.82) is 0 Å². The van der Waals surface area contributed by atoms with Crippen LogP contribution in [-0.2, 0) is 6.42 Å². The second-order valence-electron chi connectivity index (χ2n) is 6.48. The third kappa shape index (κ3) is 3.22. The minimum absolute atomic E-state index is 0.109. The van der Waals surface area contributed by atoms with Crippen molar-refractivity contribution in [3.8, 4) is 5.75 Å². The van der Waals surface area contributed by atoms with Crippen molar-refractivity contribution in [2.24, 2.45) is 0 Å². The Hall–Kier alpha value is -3.40. The van der Waals surface area contributed by atoms with Crippen LogP contribution in [0.15, 0.2) is 72.8 Å². The fraction of sp³-hybridized carbons (Fsp3) is 0.130. The molecule has 0 spiro atoms. The van der Waals surface area contributed by atoms with Gasteiger partial charge in [0.15, 0.2) is 0 Å². The van der Waals surface area contributed by atoms with E-state index in [1.165, 1.54) is 0 Å². The average Bonchev–Trinajstić information content (AvgIpc) is 2.68. The van der Waals surface area contributed by atoms with Gasteiger partial charge in [-0.2, -0.15) is 0 Å². The minimum Gasteiger partial charge on any atom is -0.493 e. The largest absolute Gasteiger partial charge is 0.493 e. The molecule has 134 valence electrons. The van der Waals surface area contributed by atoms with Crippen LogP contribution in [0.5, 0.6) is 5.75 Å². The molecule has 4 aromatic carbocycles. The molecule has 0 aliphatic rings. The molecule has 0 saturated carbocycles. The molecule has 0 amide bonds. The van der Waals surface area contributed by atoms with Crippen molar-refractivity contribution >= 4 is 27.2 Å². The van der Waals surface area contributed by atoms with Crippen molar-refractivity contribution in [2.45, 2.75) is 13.3 Å². The molecule has 4 rings (SSSR count). The first-order chi connectivity index (χ1) is 13.2. The van der Waals surface area contributed by atoms with Gasteiger partial charge in [-0.05, 0) is 41.3 Å². The molecule has 0 aromatic heterocycles. The van der Waals surface area contributed by atoms with Crippen LogP contribution in [-0.4, -0.2) is 11.5 Å². The summed E-state index contributed by atoms with van der Waals surface area (Å²) in [4.78, 5) is 10.5. The Morgan fingerprint density at radius 3 is 2.41 bits per heavy atom. The lowest BCUT2D eigenvalue weighted by atomic mass is 9.94. The summed E-state index contributed by atoms with van der Waals surface area (Å²) in [7, 11) is 0. The highest BCUT2D eigenvalue weighted by molar-refractivity contribution is 6.06.